The van der Waals surface area contributed by atoms with Crippen molar-refractivity contribution in [2.24, 2.45) is 5.92 Å². The molecule has 2 aromatic rings. The largest absolute Gasteiger partial charge is 0.489 e. The lowest BCUT2D eigenvalue weighted by Crippen LogP contribution is -2.43. The normalized spacial score (nSPS) is 28.7. The summed E-state index contributed by atoms with van der Waals surface area (Å²) < 4.78 is 6.29. The number of carbonyl (C=O) groups excluding carboxylic acids is 1. The van der Waals surface area contributed by atoms with Gasteiger partial charge in [0.25, 0.3) is 5.91 Å². The van der Waals surface area contributed by atoms with E-state index in [-0.39, 0.29) is 12.0 Å². The predicted molar refractivity (Wildman–Crippen MR) is 122 cm³/mol. The van der Waals surface area contributed by atoms with E-state index in [0.717, 1.165) is 66.5 Å². The van der Waals surface area contributed by atoms with Crippen LogP contribution in [0, 0.1) is 5.92 Å². The summed E-state index contributed by atoms with van der Waals surface area (Å²) in [5.41, 5.74) is 0.781. The van der Waals surface area contributed by atoms with E-state index >= 15 is 0 Å². The number of hydrogen-bond acceptors (Lipinski definition) is 2. The number of nitrogens with zero attached hydrogens (tertiary/aromatic N) is 1. The summed E-state index contributed by atoms with van der Waals surface area (Å²) >= 11 is 6.73. The van der Waals surface area contributed by atoms with Crippen molar-refractivity contribution in [2.75, 3.05) is 0 Å². The van der Waals surface area contributed by atoms with Gasteiger partial charge in [0.05, 0.1) is 11.1 Å². The Morgan fingerprint density at radius 3 is 2.43 bits per heavy atom. The number of hydrogen-bond donors (Lipinski definition) is 0. The van der Waals surface area contributed by atoms with Crippen LogP contribution in [0.25, 0.3) is 10.8 Å². The Morgan fingerprint density at radius 2 is 1.73 bits per heavy atom. The minimum atomic E-state index is 0.188. The van der Waals surface area contributed by atoms with Crippen molar-refractivity contribution in [3.05, 3.63) is 40.9 Å². The number of piperidine rings is 1. The highest BCUT2D eigenvalue weighted by Gasteiger charge is 2.39. The van der Waals surface area contributed by atoms with Gasteiger partial charge in [0.15, 0.2) is 0 Å². The second kappa shape index (κ2) is 8.42. The zero-order valence-electron chi connectivity index (χ0n) is 17.9. The minimum Gasteiger partial charge on any atom is -0.489 e. The van der Waals surface area contributed by atoms with Crippen LogP contribution in [0.1, 0.15) is 81.5 Å². The molecule has 5 rings (SSSR count). The molecule has 2 atom stereocenters. The van der Waals surface area contributed by atoms with Gasteiger partial charge in [-0.25, -0.2) is 0 Å². The summed E-state index contributed by atoms with van der Waals surface area (Å²) in [6.45, 7) is 2.28. The van der Waals surface area contributed by atoms with E-state index in [2.05, 4.69) is 17.9 Å². The standard InChI is InChI=1S/C26H32ClNO2/c1-2-17-6-12-22(13-7-17)30-24-15-9-18-16-19(8-14-23(18)25(24)27)26(29)28-20-4-3-5-21(28)11-10-20/h8-9,14-17,20-22H,2-7,10-13H2,1H3. The topological polar surface area (TPSA) is 29.5 Å². The molecular weight excluding hydrogens is 394 g/mol. The number of rotatable bonds is 4. The van der Waals surface area contributed by atoms with Gasteiger partial charge in [-0.05, 0) is 87.3 Å². The molecule has 2 aliphatic heterocycles. The molecule has 3 aliphatic rings. The van der Waals surface area contributed by atoms with Crippen molar-refractivity contribution in [3.63, 3.8) is 0 Å². The molecule has 1 saturated carbocycles. The first kappa shape index (κ1) is 20.2. The quantitative estimate of drug-likeness (QED) is 0.527. The van der Waals surface area contributed by atoms with E-state index < -0.39 is 0 Å². The number of ether oxygens (including phenoxy) is 1. The first-order chi connectivity index (χ1) is 14.6. The van der Waals surface area contributed by atoms with E-state index in [9.17, 15) is 4.79 Å². The highest BCUT2D eigenvalue weighted by atomic mass is 35.5. The lowest BCUT2D eigenvalue weighted by atomic mass is 9.86. The van der Waals surface area contributed by atoms with Crippen molar-refractivity contribution in [1.82, 2.24) is 4.90 Å². The molecule has 0 aromatic heterocycles. The van der Waals surface area contributed by atoms with Gasteiger partial charge in [0, 0.05) is 23.0 Å². The van der Waals surface area contributed by atoms with Gasteiger partial charge in [-0.15, -0.1) is 0 Å². The Hall–Kier alpha value is -1.74. The Bertz CT molecular complexity index is 918. The molecule has 2 aromatic carbocycles. The van der Waals surface area contributed by atoms with Crippen LogP contribution in [0.3, 0.4) is 0 Å². The van der Waals surface area contributed by atoms with Crippen LogP contribution in [-0.4, -0.2) is 29.0 Å². The zero-order chi connectivity index (χ0) is 20.7. The molecule has 2 saturated heterocycles. The highest BCUT2D eigenvalue weighted by Crippen LogP contribution is 2.39. The average Bonchev–Trinajstić information content (AvgIpc) is 3.03. The maximum atomic E-state index is 13.2. The molecule has 0 spiro atoms. The fraction of sp³-hybridized carbons (Fsp3) is 0.577. The third-order valence-electron chi connectivity index (χ3n) is 7.76. The summed E-state index contributed by atoms with van der Waals surface area (Å²) in [6.07, 6.45) is 12.1. The molecule has 2 heterocycles. The minimum absolute atomic E-state index is 0.188. The fourth-order valence-corrected chi connectivity index (χ4v) is 6.21. The lowest BCUT2D eigenvalue weighted by molar-refractivity contribution is 0.0595. The van der Waals surface area contributed by atoms with Gasteiger partial charge in [0.2, 0.25) is 0 Å². The molecule has 3 fully saturated rings. The molecule has 2 bridgehead atoms. The maximum absolute atomic E-state index is 13.2. The lowest BCUT2D eigenvalue weighted by Gasteiger charge is -2.35. The van der Waals surface area contributed by atoms with Gasteiger partial charge in [0.1, 0.15) is 5.75 Å². The van der Waals surface area contributed by atoms with Gasteiger partial charge in [-0.1, -0.05) is 37.1 Å². The number of carbonyl (C=O) groups is 1. The predicted octanol–water partition coefficient (Wildman–Crippen LogP) is 7.00. The van der Waals surface area contributed by atoms with Crippen molar-refractivity contribution in [2.45, 2.75) is 89.3 Å². The Kier molecular flexibility index (Phi) is 5.66. The maximum Gasteiger partial charge on any atom is 0.254 e. The van der Waals surface area contributed by atoms with Crippen LogP contribution in [-0.2, 0) is 0 Å². The van der Waals surface area contributed by atoms with E-state index in [1.165, 1.54) is 25.7 Å². The summed E-state index contributed by atoms with van der Waals surface area (Å²) in [5, 5.41) is 2.65. The monoisotopic (exact) mass is 425 g/mol. The third kappa shape index (κ3) is 3.70. The Balaban J connectivity index is 1.35. The van der Waals surface area contributed by atoms with Crippen LogP contribution in [0.4, 0.5) is 0 Å². The van der Waals surface area contributed by atoms with E-state index in [1.807, 2.05) is 24.3 Å². The molecule has 2 unspecified atom stereocenters. The van der Waals surface area contributed by atoms with Crippen LogP contribution >= 0.6 is 11.6 Å². The van der Waals surface area contributed by atoms with Crippen LogP contribution < -0.4 is 4.74 Å². The number of amides is 1. The second-order valence-corrected chi connectivity index (χ2v) is 9.89. The molecular formula is C26H32ClNO2. The van der Waals surface area contributed by atoms with Gasteiger partial charge >= 0.3 is 0 Å². The molecule has 30 heavy (non-hydrogen) atoms. The van der Waals surface area contributed by atoms with Gasteiger partial charge in [-0.3, -0.25) is 4.79 Å². The zero-order valence-corrected chi connectivity index (χ0v) is 18.7. The molecule has 1 aliphatic carbocycles. The fourth-order valence-electron chi connectivity index (χ4n) is 5.93. The van der Waals surface area contributed by atoms with Crippen molar-refractivity contribution in [3.8, 4) is 5.75 Å². The summed E-state index contributed by atoms with van der Waals surface area (Å²) in [6, 6.07) is 10.9. The first-order valence-corrected chi connectivity index (χ1v) is 12.2. The second-order valence-electron chi connectivity index (χ2n) is 9.51. The highest BCUT2D eigenvalue weighted by molar-refractivity contribution is 6.37. The van der Waals surface area contributed by atoms with E-state index in [1.54, 1.807) is 0 Å². The Labute approximate surface area is 184 Å². The van der Waals surface area contributed by atoms with Crippen molar-refractivity contribution in [1.29, 1.82) is 0 Å². The van der Waals surface area contributed by atoms with Crippen molar-refractivity contribution >= 4 is 28.3 Å². The Morgan fingerprint density at radius 1 is 1.00 bits per heavy atom. The number of fused-ring (bicyclic) bond motifs is 3. The summed E-state index contributed by atoms with van der Waals surface area (Å²) in [7, 11) is 0. The number of halogens is 1. The molecule has 1 amide bonds. The van der Waals surface area contributed by atoms with Crippen LogP contribution in [0.2, 0.25) is 5.02 Å². The van der Waals surface area contributed by atoms with E-state index in [4.69, 9.17) is 16.3 Å². The van der Waals surface area contributed by atoms with Gasteiger partial charge in [-0.2, -0.15) is 0 Å². The van der Waals surface area contributed by atoms with Crippen LogP contribution in [0.5, 0.6) is 5.75 Å². The number of benzene rings is 2. The first-order valence-electron chi connectivity index (χ1n) is 11.9. The summed E-state index contributed by atoms with van der Waals surface area (Å²) in [5.74, 6) is 1.81. The molecule has 4 heteroatoms. The van der Waals surface area contributed by atoms with Gasteiger partial charge < -0.3 is 9.64 Å². The molecule has 160 valence electrons. The SMILES string of the molecule is CCC1CCC(Oc2ccc3cc(C(=O)N4C5CCCC4CC5)ccc3c2Cl)CC1. The third-order valence-corrected chi connectivity index (χ3v) is 8.15. The smallest absolute Gasteiger partial charge is 0.254 e. The average molecular weight is 426 g/mol. The van der Waals surface area contributed by atoms with E-state index in [0.29, 0.717) is 17.1 Å². The summed E-state index contributed by atoms with van der Waals surface area (Å²) in [4.78, 5) is 15.4. The van der Waals surface area contributed by atoms with Crippen LogP contribution in [0.15, 0.2) is 30.3 Å². The molecule has 0 N–H and O–H groups in total. The molecule has 0 radical (unpaired) electrons. The molecule has 3 nitrogen and oxygen atoms in total. The van der Waals surface area contributed by atoms with Crippen molar-refractivity contribution < 1.29 is 9.53 Å².